The van der Waals surface area contributed by atoms with Crippen LogP contribution in [0.1, 0.15) is 18.1 Å². The first-order chi connectivity index (χ1) is 9.31. The van der Waals surface area contributed by atoms with E-state index in [1.807, 2.05) is 18.0 Å². The topological polar surface area (TPSA) is 24.1 Å². The van der Waals surface area contributed by atoms with Crippen LogP contribution in [0, 0.1) is 0 Å². The van der Waals surface area contributed by atoms with E-state index in [2.05, 4.69) is 65.6 Å². The van der Waals surface area contributed by atoms with Crippen molar-refractivity contribution in [2.45, 2.75) is 6.92 Å². The second-order valence-electron chi connectivity index (χ2n) is 4.63. The Kier molecular flexibility index (Phi) is 3.47. The van der Waals surface area contributed by atoms with Crippen LogP contribution in [-0.4, -0.2) is 5.75 Å². The molecule has 0 atom stereocenters. The molecular formula is C16H16N2S. The summed E-state index contributed by atoms with van der Waals surface area (Å²) >= 11 is 1.83. The summed E-state index contributed by atoms with van der Waals surface area (Å²) in [4.78, 5) is 0. The molecule has 3 rings (SSSR count). The van der Waals surface area contributed by atoms with E-state index in [0.717, 1.165) is 17.1 Å². The summed E-state index contributed by atoms with van der Waals surface area (Å²) in [6.45, 7) is 2.07. The van der Waals surface area contributed by atoms with Gasteiger partial charge in [-0.05, 0) is 53.3 Å². The van der Waals surface area contributed by atoms with E-state index in [9.17, 15) is 0 Å². The Balaban J connectivity index is 1.85. The van der Waals surface area contributed by atoms with Gasteiger partial charge in [-0.15, -0.1) is 11.8 Å². The molecule has 0 fully saturated rings. The van der Waals surface area contributed by atoms with Gasteiger partial charge in [-0.25, -0.2) is 0 Å². The quantitative estimate of drug-likeness (QED) is 0.841. The van der Waals surface area contributed by atoms with Gasteiger partial charge in [-0.1, -0.05) is 12.1 Å². The van der Waals surface area contributed by atoms with Gasteiger partial charge in [0.1, 0.15) is 0 Å². The Morgan fingerprint density at radius 1 is 1.26 bits per heavy atom. The van der Waals surface area contributed by atoms with Gasteiger partial charge >= 0.3 is 0 Å². The lowest BCUT2D eigenvalue weighted by atomic mass is 10.1. The highest BCUT2D eigenvalue weighted by Crippen LogP contribution is 2.23. The SMILES string of the molecule is CC1=Cc2cc(N/C=C3/C=CSC3)ccc2C=CN1. The molecule has 2 aliphatic heterocycles. The third-order valence-corrected chi connectivity index (χ3v) is 3.91. The first-order valence-corrected chi connectivity index (χ1v) is 7.35. The van der Waals surface area contributed by atoms with Gasteiger partial charge in [0.05, 0.1) is 0 Å². The summed E-state index contributed by atoms with van der Waals surface area (Å²) in [6.07, 6.45) is 10.5. The van der Waals surface area contributed by atoms with Gasteiger partial charge in [-0.2, -0.15) is 0 Å². The minimum atomic E-state index is 1.06. The Bertz CT molecular complexity index is 609. The molecular weight excluding hydrogens is 252 g/mol. The van der Waals surface area contributed by atoms with Crippen LogP contribution in [0.3, 0.4) is 0 Å². The van der Waals surface area contributed by atoms with Gasteiger partial charge in [0, 0.05) is 29.5 Å². The maximum atomic E-state index is 3.37. The number of thioether (sulfide) groups is 1. The van der Waals surface area contributed by atoms with E-state index in [-0.39, 0.29) is 0 Å². The molecule has 1 aromatic rings. The number of anilines is 1. The molecule has 19 heavy (non-hydrogen) atoms. The zero-order valence-electron chi connectivity index (χ0n) is 10.8. The maximum Gasteiger partial charge on any atom is 0.0386 e. The van der Waals surface area contributed by atoms with Gasteiger partial charge in [0.15, 0.2) is 0 Å². The van der Waals surface area contributed by atoms with Crippen molar-refractivity contribution in [2.24, 2.45) is 0 Å². The van der Waals surface area contributed by atoms with E-state index in [1.54, 1.807) is 0 Å². The molecule has 0 unspecified atom stereocenters. The van der Waals surface area contributed by atoms with Crippen LogP contribution in [-0.2, 0) is 0 Å². The van der Waals surface area contributed by atoms with E-state index >= 15 is 0 Å². The lowest BCUT2D eigenvalue weighted by Gasteiger charge is -2.06. The number of hydrogen-bond acceptors (Lipinski definition) is 3. The zero-order chi connectivity index (χ0) is 13.1. The third-order valence-electron chi connectivity index (χ3n) is 3.09. The van der Waals surface area contributed by atoms with Crippen molar-refractivity contribution in [3.8, 4) is 0 Å². The number of benzene rings is 1. The first kappa shape index (κ1) is 12.2. The third kappa shape index (κ3) is 2.93. The Labute approximate surface area is 118 Å². The van der Waals surface area contributed by atoms with Gasteiger partial charge in [0.2, 0.25) is 0 Å². The molecule has 0 saturated carbocycles. The summed E-state index contributed by atoms with van der Waals surface area (Å²) in [7, 11) is 0. The van der Waals surface area contributed by atoms with E-state index in [1.165, 1.54) is 16.7 Å². The zero-order valence-corrected chi connectivity index (χ0v) is 11.6. The number of allylic oxidation sites excluding steroid dienone is 2. The van der Waals surface area contributed by atoms with Crippen molar-refractivity contribution >= 4 is 29.6 Å². The molecule has 3 heteroatoms. The average Bonchev–Trinajstić information content (AvgIpc) is 2.85. The summed E-state index contributed by atoms with van der Waals surface area (Å²) in [5.41, 5.74) is 6.07. The number of hydrogen-bond donors (Lipinski definition) is 2. The van der Waals surface area contributed by atoms with Gasteiger partial charge < -0.3 is 10.6 Å². The van der Waals surface area contributed by atoms with Crippen molar-refractivity contribution in [1.29, 1.82) is 0 Å². The molecule has 0 bridgehead atoms. The Morgan fingerprint density at radius 3 is 3.05 bits per heavy atom. The number of nitrogens with one attached hydrogen (secondary N) is 2. The summed E-state index contributed by atoms with van der Waals surface area (Å²) < 4.78 is 0. The fraction of sp³-hybridized carbons (Fsp3) is 0.125. The molecule has 0 aliphatic carbocycles. The van der Waals surface area contributed by atoms with E-state index in [0.29, 0.717) is 0 Å². The molecule has 0 aromatic heterocycles. The highest BCUT2D eigenvalue weighted by Gasteiger charge is 2.03. The molecule has 2 aliphatic rings. The minimum absolute atomic E-state index is 1.06. The molecule has 0 radical (unpaired) electrons. The molecule has 2 nitrogen and oxygen atoms in total. The fourth-order valence-corrected chi connectivity index (χ4v) is 2.81. The summed E-state index contributed by atoms with van der Waals surface area (Å²) in [6, 6.07) is 6.43. The minimum Gasteiger partial charge on any atom is -0.365 e. The normalized spacial score (nSPS) is 18.8. The van der Waals surface area contributed by atoms with Crippen LogP contribution in [0.15, 0.2) is 53.4 Å². The second-order valence-corrected chi connectivity index (χ2v) is 5.52. The van der Waals surface area contributed by atoms with Crippen molar-refractivity contribution < 1.29 is 0 Å². The van der Waals surface area contributed by atoms with Crippen LogP contribution in [0.25, 0.3) is 12.2 Å². The lowest BCUT2D eigenvalue weighted by molar-refractivity contribution is 1.08. The summed E-state index contributed by atoms with van der Waals surface area (Å²) in [5.74, 6) is 1.06. The van der Waals surface area contributed by atoms with Crippen molar-refractivity contribution in [3.05, 3.63) is 64.5 Å². The predicted octanol–water partition coefficient (Wildman–Crippen LogP) is 4.18. The highest BCUT2D eigenvalue weighted by molar-refractivity contribution is 8.02. The molecule has 2 N–H and O–H groups in total. The van der Waals surface area contributed by atoms with Crippen molar-refractivity contribution in [3.63, 3.8) is 0 Å². The first-order valence-electron chi connectivity index (χ1n) is 6.30. The van der Waals surface area contributed by atoms with Crippen molar-refractivity contribution in [2.75, 3.05) is 11.1 Å². The van der Waals surface area contributed by atoms with Crippen LogP contribution < -0.4 is 10.6 Å². The Morgan fingerprint density at radius 2 is 2.21 bits per heavy atom. The molecule has 0 spiro atoms. The van der Waals surface area contributed by atoms with Crippen LogP contribution in [0.4, 0.5) is 5.69 Å². The molecule has 2 heterocycles. The Hall–Kier alpha value is -1.87. The second kappa shape index (κ2) is 5.41. The molecule has 0 saturated heterocycles. The van der Waals surface area contributed by atoms with Crippen LogP contribution in [0.2, 0.25) is 0 Å². The van der Waals surface area contributed by atoms with Crippen LogP contribution >= 0.6 is 11.8 Å². The average molecular weight is 268 g/mol. The number of rotatable bonds is 2. The molecule has 1 aromatic carbocycles. The van der Waals surface area contributed by atoms with E-state index in [4.69, 9.17) is 0 Å². The molecule has 96 valence electrons. The van der Waals surface area contributed by atoms with Crippen LogP contribution in [0.5, 0.6) is 0 Å². The van der Waals surface area contributed by atoms with Gasteiger partial charge in [0.25, 0.3) is 0 Å². The predicted molar refractivity (Wildman–Crippen MR) is 85.6 cm³/mol. The largest absolute Gasteiger partial charge is 0.365 e. The number of fused-ring (bicyclic) bond motifs is 1. The summed E-state index contributed by atoms with van der Waals surface area (Å²) in [5, 5.41) is 8.73. The molecule has 0 amide bonds. The van der Waals surface area contributed by atoms with Gasteiger partial charge in [-0.3, -0.25) is 0 Å². The lowest BCUT2D eigenvalue weighted by Crippen LogP contribution is -1.97. The standard InChI is InChI=1S/C16H16N2S/c1-12-8-15-9-16(3-2-14(15)4-6-17-12)18-10-13-5-7-19-11-13/h2-10,17-18H,11H2,1H3/b13-10-. The highest BCUT2D eigenvalue weighted by atomic mass is 32.2. The smallest absolute Gasteiger partial charge is 0.0386 e. The van der Waals surface area contributed by atoms with E-state index < -0.39 is 0 Å². The maximum absolute atomic E-state index is 3.37. The van der Waals surface area contributed by atoms with Crippen molar-refractivity contribution in [1.82, 2.24) is 5.32 Å². The fourth-order valence-electron chi connectivity index (χ4n) is 2.07. The monoisotopic (exact) mass is 268 g/mol.